The molecular weight excluding hydrogens is 214 g/mol. The van der Waals surface area contributed by atoms with Gasteiger partial charge in [-0.05, 0) is 32.1 Å². The van der Waals surface area contributed by atoms with Gasteiger partial charge in [0.25, 0.3) is 0 Å². The summed E-state index contributed by atoms with van der Waals surface area (Å²) in [7, 11) is 0. The Kier molecular flexibility index (Phi) is 3.52. The van der Waals surface area contributed by atoms with E-state index in [0.717, 1.165) is 32.3 Å². The molecule has 2 fully saturated rings. The highest BCUT2D eigenvalue weighted by Gasteiger charge is 2.37. The number of halogens is 1. The molecule has 4 heteroatoms. The first kappa shape index (κ1) is 11.2. The second-order valence-electron chi connectivity index (χ2n) is 4.65. The number of hydrogen-bond donors (Lipinski definition) is 1. The molecule has 86 valence electrons. The smallest absolute Gasteiger partial charge is 0.223 e. The van der Waals surface area contributed by atoms with Crippen LogP contribution in [-0.2, 0) is 9.53 Å². The lowest BCUT2D eigenvalue weighted by Gasteiger charge is -2.41. The van der Waals surface area contributed by atoms with E-state index in [9.17, 15) is 4.79 Å². The molecule has 2 rings (SSSR count). The predicted octanol–water partition coefficient (Wildman–Crippen LogP) is 1.83. The van der Waals surface area contributed by atoms with E-state index in [0.29, 0.717) is 12.3 Å². The summed E-state index contributed by atoms with van der Waals surface area (Å²) >= 11 is 5.87. The van der Waals surface area contributed by atoms with E-state index in [2.05, 4.69) is 5.32 Å². The van der Waals surface area contributed by atoms with Crippen LogP contribution in [0.4, 0.5) is 0 Å². The highest BCUT2D eigenvalue weighted by atomic mass is 35.5. The molecule has 1 saturated carbocycles. The highest BCUT2D eigenvalue weighted by Crippen LogP contribution is 2.33. The summed E-state index contributed by atoms with van der Waals surface area (Å²) in [4.78, 5) is 11.7. The minimum atomic E-state index is -0.1000. The van der Waals surface area contributed by atoms with Gasteiger partial charge in [-0.1, -0.05) is 0 Å². The van der Waals surface area contributed by atoms with Crippen molar-refractivity contribution in [1.82, 2.24) is 5.32 Å². The van der Waals surface area contributed by atoms with Gasteiger partial charge >= 0.3 is 0 Å². The summed E-state index contributed by atoms with van der Waals surface area (Å²) in [5.41, 5.74) is -0.1000. The molecule has 1 aliphatic carbocycles. The number of nitrogens with one attached hydrogen (secondary N) is 1. The van der Waals surface area contributed by atoms with Crippen molar-refractivity contribution in [1.29, 1.82) is 0 Å². The van der Waals surface area contributed by atoms with Gasteiger partial charge in [0.1, 0.15) is 0 Å². The third-order valence-corrected chi connectivity index (χ3v) is 3.92. The van der Waals surface area contributed by atoms with E-state index in [-0.39, 0.29) is 17.6 Å². The van der Waals surface area contributed by atoms with Crippen LogP contribution < -0.4 is 5.32 Å². The largest absolute Gasteiger partial charge is 0.378 e. The molecule has 1 amide bonds. The molecule has 15 heavy (non-hydrogen) atoms. The van der Waals surface area contributed by atoms with Gasteiger partial charge in [0.15, 0.2) is 0 Å². The van der Waals surface area contributed by atoms with Crippen molar-refractivity contribution in [2.75, 3.05) is 12.5 Å². The zero-order valence-corrected chi connectivity index (χ0v) is 9.68. The Morgan fingerprint density at radius 2 is 2.27 bits per heavy atom. The monoisotopic (exact) mass is 231 g/mol. The maximum absolute atomic E-state index is 11.7. The average Bonchev–Trinajstić information content (AvgIpc) is 2.64. The molecule has 0 radical (unpaired) electrons. The fraction of sp³-hybridized carbons (Fsp3) is 0.909. The molecule has 0 aromatic rings. The Labute approximate surface area is 95.5 Å². The number of alkyl halides is 1. The van der Waals surface area contributed by atoms with Gasteiger partial charge in [-0.2, -0.15) is 0 Å². The first-order chi connectivity index (χ1) is 7.24. The van der Waals surface area contributed by atoms with E-state index in [4.69, 9.17) is 16.3 Å². The minimum Gasteiger partial charge on any atom is -0.378 e. The SMILES string of the molecule is O=C(CC1CCCO1)NC1(CCl)CCC1. The minimum absolute atomic E-state index is 0.0993. The van der Waals surface area contributed by atoms with Crippen molar-refractivity contribution in [3.8, 4) is 0 Å². The molecule has 0 spiro atoms. The van der Waals surface area contributed by atoms with Crippen LogP contribution in [0.15, 0.2) is 0 Å². The molecule has 1 aliphatic heterocycles. The lowest BCUT2D eigenvalue weighted by Crippen LogP contribution is -2.55. The van der Waals surface area contributed by atoms with Crippen LogP contribution in [0.2, 0.25) is 0 Å². The molecule has 1 unspecified atom stereocenters. The Morgan fingerprint density at radius 1 is 1.47 bits per heavy atom. The predicted molar refractivity (Wildman–Crippen MR) is 59.0 cm³/mol. The molecule has 1 atom stereocenters. The number of carbonyl (C=O) groups excluding carboxylic acids is 1. The van der Waals surface area contributed by atoms with Crippen LogP contribution in [0, 0.1) is 0 Å². The number of amides is 1. The fourth-order valence-electron chi connectivity index (χ4n) is 2.25. The van der Waals surface area contributed by atoms with E-state index >= 15 is 0 Å². The number of hydrogen-bond acceptors (Lipinski definition) is 2. The standard InChI is InChI=1S/C11H18ClNO2/c12-8-11(4-2-5-11)13-10(14)7-9-3-1-6-15-9/h9H,1-8H2,(H,13,14). The van der Waals surface area contributed by atoms with Crippen LogP contribution in [0.3, 0.4) is 0 Å². The van der Waals surface area contributed by atoms with Gasteiger partial charge in [0.05, 0.1) is 18.1 Å². The zero-order chi connectivity index (χ0) is 10.7. The summed E-state index contributed by atoms with van der Waals surface area (Å²) in [6, 6.07) is 0. The zero-order valence-electron chi connectivity index (χ0n) is 8.93. The van der Waals surface area contributed by atoms with Gasteiger partial charge in [-0.25, -0.2) is 0 Å². The van der Waals surface area contributed by atoms with Crippen LogP contribution in [0.5, 0.6) is 0 Å². The second kappa shape index (κ2) is 4.71. The molecule has 0 bridgehead atoms. The molecule has 1 saturated heterocycles. The van der Waals surface area contributed by atoms with Gasteiger partial charge in [0.2, 0.25) is 5.91 Å². The molecule has 1 heterocycles. The van der Waals surface area contributed by atoms with Gasteiger partial charge in [-0.3, -0.25) is 4.79 Å². The van der Waals surface area contributed by atoms with Gasteiger partial charge in [0, 0.05) is 12.5 Å². The highest BCUT2D eigenvalue weighted by molar-refractivity contribution is 6.18. The van der Waals surface area contributed by atoms with E-state index < -0.39 is 0 Å². The Hall–Kier alpha value is -0.280. The normalized spacial score (nSPS) is 28.5. The van der Waals surface area contributed by atoms with Crippen LogP contribution in [0.25, 0.3) is 0 Å². The maximum atomic E-state index is 11.7. The lowest BCUT2D eigenvalue weighted by molar-refractivity contribution is -0.125. The summed E-state index contributed by atoms with van der Waals surface area (Å²) in [6.07, 6.45) is 5.95. The quantitative estimate of drug-likeness (QED) is 0.750. The van der Waals surface area contributed by atoms with Crippen LogP contribution >= 0.6 is 11.6 Å². The third-order valence-electron chi connectivity index (χ3n) is 3.41. The lowest BCUT2D eigenvalue weighted by atomic mass is 9.78. The third kappa shape index (κ3) is 2.64. The van der Waals surface area contributed by atoms with Crippen molar-refractivity contribution in [2.24, 2.45) is 0 Å². The van der Waals surface area contributed by atoms with Crippen LogP contribution in [0.1, 0.15) is 38.5 Å². The molecule has 1 N–H and O–H groups in total. The molecule has 3 nitrogen and oxygen atoms in total. The molecule has 2 aliphatic rings. The molecule has 0 aromatic heterocycles. The Morgan fingerprint density at radius 3 is 2.73 bits per heavy atom. The fourth-order valence-corrected chi connectivity index (χ4v) is 2.59. The van der Waals surface area contributed by atoms with Crippen molar-refractivity contribution in [2.45, 2.75) is 50.2 Å². The molecular formula is C11H18ClNO2. The summed E-state index contributed by atoms with van der Waals surface area (Å²) in [6.45, 7) is 0.804. The number of rotatable bonds is 4. The summed E-state index contributed by atoms with van der Waals surface area (Å²) in [5, 5.41) is 3.06. The van der Waals surface area contributed by atoms with Crippen molar-refractivity contribution >= 4 is 17.5 Å². The van der Waals surface area contributed by atoms with Crippen molar-refractivity contribution in [3.05, 3.63) is 0 Å². The summed E-state index contributed by atoms with van der Waals surface area (Å²) < 4.78 is 5.43. The Bertz CT molecular complexity index is 229. The van der Waals surface area contributed by atoms with Gasteiger partial charge in [-0.15, -0.1) is 11.6 Å². The number of ether oxygens (including phenoxy) is 1. The average molecular weight is 232 g/mol. The number of carbonyl (C=O) groups is 1. The first-order valence-electron chi connectivity index (χ1n) is 5.73. The van der Waals surface area contributed by atoms with Gasteiger partial charge < -0.3 is 10.1 Å². The van der Waals surface area contributed by atoms with Crippen molar-refractivity contribution < 1.29 is 9.53 Å². The van der Waals surface area contributed by atoms with E-state index in [1.807, 2.05) is 0 Å². The van der Waals surface area contributed by atoms with Crippen LogP contribution in [-0.4, -0.2) is 30.0 Å². The Balaban J connectivity index is 1.76. The second-order valence-corrected chi connectivity index (χ2v) is 4.92. The summed E-state index contributed by atoms with van der Waals surface area (Å²) in [5.74, 6) is 0.631. The van der Waals surface area contributed by atoms with E-state index in [1.165, 1.54) is 6.42 Å². The van der Waals surface area contributed by atoms with Crippen molar-refractivity contribution in [3.63, 3.8) is 0 Å². The first-order valence-corrected chi connectivity index (χ1v) is 6.26. The van der Waals surface area contributed by atoms with E-state index in [1.54, 1.807) is 0 Å². The topological polar surface area (TPSA) is 38.3 Å². The maximum Gasteiger partial charge on any atom is 0.223 e. The molecule has 0 aromatic carbocycles.